The molecule has 1 aromatic heterocycles. The second-order valence-corrected chi connectivity index (χ2v) is 4.26. The average molecular weight is 233 g/mol. The number of halogens is 2. The molecule has 4 heteroatoms. The van der Waals surface area contributed by atoms with Crippen molar-refractivity contribution in [3.05, 3.63) is 28.9 Å². The zero-order valence-electron chi connectivity index (χ0n) is 6.55. The summed E-state index contributed by atoms with van der Waals surface area (Å²) in [5, 5.41) is 2.95. The van der Waals surface area contributed by atoms with E-state index >= 15 is 0 Å². The summed E-state index contributed by atoms with van der Waals surface area (Å²) in [6, 6.07) is 3.17. The Morgan fingerprint density at radius 2 is 2.23 bits per heavy atom. The van der Waals surface area contributed by atoms with E-state index in [4.69, 9.17) is 11.6 Å². The van der Waals surface area contributed by atoms with Crippen molar-refractivity contribution in [2.45, 2.75) is 10.8 Å². The quantitative estimate of drug-likeness (QED) is 0.556. The molecule has 0 aliphatic rings. The molecule has 0 amide bonds. The minimum atomic E-state index is -0.279. The Morgan fingerprint density at radius 1 is 1.46 bits per heavy atom. The van der Waals surface area contributed by atoms with E-state index in [-0.39, 0.29) is 5.82 Å². The van der Waals surface area contributed by atoms with Gasteiger partial charge in [-0.15, -0.1) is 35.6 Å². The molecular weight excluding hydrogens is 227 g/mol. The number of rotatable bonds is 1. The summed E-state index contributed by atoms with van der Waals surface area (Å²) in [5.41, 5.74) is 1.04. The fourth-order valence-corrected chi connectivity index (χ4v) is 2.89. The number of fused-ring (bicyclic) bond motifs is 1. The monoisotopic (exact) mass is 232 g/mol. The predicted octanol–water partition coefficient (Wildman–Crippen LogP) is 4.07. The van der Waals surface area contributed by atoms with Gasteiger partial charge in [-0.25, -0.2) is 4.39 Å². The van der Waals surface area contributed by atoms with Gasteiger partial charge in [0.05, 0.1) is 9.60 Å². The van der Waals surface area contributed by atoms with E-state index in [2.05, 4.69) is 12.6 Å². The Morgan fingerprint density at radius 3 is 2.92 bits per heavy atom. The maximum Gasteiger partial charge on any atom is 0.137 e. The molecule has 0 atom stereocenters. The van der Waals surface area contributed by atoms with Crippen LogP contribution in [0.3, 0.4) is 0 Å². The summed E-state index contributed by atoms with van der Waals surface area (Å²) in [4.78, 5) is 0.416. The molecule has 0 saturated carbocycles. The van der Waals surface area contributed by atoms with E-state index in [1.165, 1.54) is 17.4 Å². The normalized spacial score (nSPS) is 11.0. The molecule has 0 N–H and O–H groups in total. The van der Waals surface area contributed by atoms with Crippen LogP contribution in [0, 0.1) is 5.82 Å². The van der Waals surface area contributed by atoms with Crippen molar-refractivity contribution < 1.29 is 4.39 Å². The van der Waals surface area contributed by atoms with Crippen molar-refractivity contribution in [3.8, 4) is 0 Å². The highest BCUT2D eigenvalue weighted by Crippen LogP contribution is 2.33. The standard InChI is InChI=1S/C9H6ClFS2/c10-3-5-4-13-9-6(5)1-2-7(11)8(9)12/h1-2,4,12H,3H2. The van der Waals surface area contributed by atoms with E-state index in [0.717, 1.165) is 15.6 Å². The van der Waals surface area contributed by atoms with Gasteiger partial charge < -0.3 is 0 Å². The van der Waals surface area contributed by atoms with Gasteiger partial charge in [0.2, 0.25) is 0 Å². The number of alkyl halides is 1. The fraction of sp³-hybridized carbons (Fsp3) is 0.111. The number of hydrogen-bond acceptors (Lipinski definition) is 2. The van der Waals surface area contributed by atoms with Crippen LogP contribution in [0.1, 0.15) is 5.56 Å². The summed E-state index contributed by atoms with van der Waals surface area (Å²) in [6.45, 7) is 0. The molecule has 0 fully saturated rings. The summed E-state index contributed by atoms with van der Waals surface area (Å²) in [6.07, 6.45) is 0. The van der Waals surface area contributed by atoms with Crippen LogP contribution in [0.25, 0.3) is 10.1 Å². The van der Waals surface area contributed by atoms with Gasteiger partial charge in [-0.1, -0.05) is 6.07 Å². The highest BCUT2D eigenvalue weighted by Gasteiger charge is 2.08. The lowest BCUT2D eigenvalue weighted by molar-refractivity contribution is 0.607. The Kier molecular flexibility index (Phi) is 2.49. The summed E-state index contributed by atoms with van der Waals surface area (Å²) in [7, 11) is 0. The predicted molar refractivity (Wildman–Crippen MR) is 58.6 cm³/mol. The molecule has 0 aliphatic heterocycles. The van der Waals surface area contributed by atoms with Gasteiger partial charge in [0, 0.05) is 5.88 Å². The van der Waals surface area contributed by atoms with E-state index in [0.29, 0.717) is 10.8 Å². The average Bonchev–Trinajstić information content (AvgIpc) is 2.55. The Hall–Kier alpha value is -0.250. The second kappa shape index (κ2) is 3.48. The maximum absolute atomic E-state index is 13.1. The third-order valence-corrected chi connectivity index (χ3v) is 3.83. The topological polar surface area (TPSA) is 0 Å². The fourth-order valence-electron chi connectivity index (χ4n) is 1.22. The van der Waals surface area contributed by atoms with Crippen LogP contribution >= 0.6 is 35.6 Å². The lowest BCUT2D eigenvalue weighted by atomic mass is 10.2. The van der Waals surface area contributed by atoms with Gasteiger partial charge in [-0.05, 0) is 22.4 Å². The van der Waals surface area contributed by atoms with Crippen LogP contribution in [0.15, 0.2) is 22.4 Å². The van der Waals surface area contributed by atoms with Crippen molar-refractivity contribution in [3.63, 3.8) is 0 Å². The minimum absolute atomic E-state index is 0.279. The highest BCUT2D eigenvalue weighted by molar-refractivity contribution is 7.80. The zero-order chi connectivity index (χ0) is 9.42. The van der Waals surface area contributed by atoms with Gasteiger partial charge in [0.15, 0.2) is 0 Å². The van der Waals surface area contributed by atoms with Crippen LogP contribution in [-0.4, -0.2) is 0 Å². The van der Waals surface area contributed by atoms with Crippen LogP contribution in [0.4, 0.5) is 4.39 Å². The molecule has 0 saturated heterocycles. The number of hydrogen-bond donors (Lipinski definition) is 1. The van der Waals surface area contributed by atoms with Gasteiger partial charge in [0.25, 0.3) is 0 Å². The maximum atomic E-state index is 13.1. The molecule has 0 spiro atoms. The van der Waals surface area contributed by atoms with E-state index in [9.17, 15) is 4.39 Å². The molecule has 0 aliphatic carbocycles. The van der Waals surface area contributed by atoms with Crippen molar-refractivity contribution in [1.82, 2.24) is 0 Å². The van der Waals surface area contributed by atoms with E-state index in [1.54, 1.807) is 6.07 Å². The SMILES string of the molecule is Fc1ccc2c(CCl)csc2c1S. The summed E-state index contributed by atoms with van der Waals surface area (Å²) < 4.78 is 13.9. The summed E-state index contributed by atoms with van der Waals surface area (Å²) >= 11 is 11.3. The number of benzene rings is 1. The zero-order valence-corrected chi connectivity index (χ0v) is 9.02. The van der Waals surface area contributed by atoms with Crippen molar-refractivity contribution in [2.75, 3.05) is 0 Å². The summed E-state index contributed by atoms with van der Waals surface area (Å²) in [5.74, 6) is 0.178. The van der Waals surface area contributed by atoms with Crippen LogP contribution < -0.4 is 0 Å². The van der Waals surface area contributed by atoms with Gasteiger partial charge >= 0.3 is 0 Å². The van der Waals surface area contributed by atoms with Gasteiger partial charge in [-0.3, -0.25) is 0 Å². The molecular formula is C9H6ClFS2. The Bertz CT molecular complexity index is 450. The second-order valence-electron chi connectivity index (χ2n) is 2.67. The van der Waals surface area contributed by atoms with Crippen LogP contribution in [0.2, 0.25) is 0 Å². The lowest BCUT2D eigenvalue weighted by Gasteiger charge is -1.97. The molecule has 0 bridgehead atoms. The lowest BCUT2D eigenvalue weighted by Crippen LogP contribution is -1.78. The van der Waals surface area contributed by atoms with Crippen molar-refractivity contribution >= 4 is 45.7 Å². The molecule has 0 radical (unpaired) electrons. The first-order valence-corrected chi connectivity index (χ1v) is 5.53. The first kappa shape index (κ1) is 9.31. The highest BCUT2D eigenvalue weighted by atomic mass is 35.5. The Labute approximate surface area is 89.7 Å². The van der Waals surface area contributed by atoms with Gasteiger partial charge in [-0.2, -0.15) is 0 Å². The largest absolute Gasteiger partial charge is 0.206 e. The molecule has 13 heavy (non-hydrogen) atoms. The first-order valence-electron chi connectivity index (χ1n) is 3.67. The van der Waals surface area contributed by atoms with E-state index < -0.39 is 0 Å². The van der Waals surface area contributed by atoms with E-state index in [1.807, 2.05) is 5.38 Å². The number of thiophene rings is 1. The molecule has 68 valence electrons. The van der Waals surface area contributed by atoms with Gasteiger partial charge in [0.1, 0.15) is 5.82 Å². The molecule has 1 heterocycles. The first-order chi connectivity index (χ1) is 6.24. The third kappa shape index (κ3) is 1.45. The molecule has 2 aromatic rings. The molecule has 1 aromatic carbocycles. The van der Waals surface area contributed by atoms with Crippen LogP contribution in [-0.2, 0) is 5.88 Å². The third-order valence-electron chi connectivity index (χ3n) is 1.89. The minimum Gasteiger partial charge on any atom is -0.206 e. The van der Waals surface area contributed by atoms with Crippen molar-refractivity contribution in [1.29, 1.82) is 0 Å². The Balaban J connectivity index is 2.81. The smallest absolute Gasteiger partial charge is 0.137 e. The molecule has 2 rings (SSSR count). The number of thiol groups is 1. The van der Waals surface area contributed by atoms with Crippen molar-refractivity contribution in [2.24, 2.45) is 0 Å². The van der Waals surface area contributed by atoms with Crippen LogP contribution in [0.5, 0.6) is 0 Å². The molecule has 0 unspecified atom stereocenters. The molecule has 0 nitrogen and oxygen atoms in total.